The maximum Gasteiger partial charge on any atom is 0.279 e. The molecule has 0 aliphatic carbocycles. The number of rotatable bonds is 6. The van der Waals surface area contributed by atoms with E-state index in [4.69, 9.17) is 27.9 Å². The number of quaternary nitrogens is 1. The zero-order valence-corrected chi connectivity index (χ0v) is 14.5. The maximum absolute atomic E-state index is 12.1. The van der Waals surface area contributed by atoms with E-state index in [0.29, 0.717) is 28.0 Å². The predicted molar refractivity (Wildman–Crippen MR) is 93.5 cm³/mol. The second-order valence-electron chi connectivity index (χ2n) is 5.34. The molecule has 0 saturated heterocycles. The van der Waals surface area contributed by atoms with Gasteiger partial charge in [0, 0.05) is 16.3 Å². The van der Waals surface area contributed by atoms with E-state index in [0.717, 1.165) is 17.0 Å². The zero-order chi connectivity index (χ0) is 16.8. The van der Waals surface area contributed by atoms with Crippen LogP contribution in [0.3, 0.4) is 0 Å². The molecule has 0 saturated carbocycles. The number of amides is 1. The van der Waals surface area contributed by atoms with E-state index in [1.54, 1.807) is 25.3 Å². The SMILES string of the molecule is COc1ccc(NC(=O)C[NH+](C)Cc2cccc(Cl)c2)cc1Cl. The maximum atomic E-state index is 12.1. The molecule has 0 radical (unpaired) electrons. The fraction of sp³-hybridized carbons (Fsp3) is 0.235. The van der Waals surface area contributed by atoms with Gasteiger partial charge in [-0.15, -0.1) is 0 Å². The summed E-state index contributed by atoms with van der Waals surface area (Å²) < 4.78 is 5.09. The molecule has 1 unspecified atom stereocenters. The quantitative estimate of drug-likeness (QED) is 0.838. The molecule has 2 aromatic rings. The Kier molecular flexibility index (Phi) is 6.28. The predicted octanol–water partition coefficient (Wildman–Crippen LogP) is 2.66. The van der Waals surface area contributed by atoms with Crippen molar-refractivity contribution in [1.29, 1.82) is 0 Å². The van der Waals surface area contributed by atoms with Crippen LogP contribution in [0.2, 0.25) is 10.0 Å². The van der Waals surface area contributed by atoms with Gasteiger partial charge in [0.25, 0.3) is 5.91 Å². The van der Waals surface area contributed by atoms with Crippen LogP contribution in [0, 0.1) is 0 Å². The lowest BCUT2D eigenvalue weighted by Crippen LogP contribution is -3.08. The third kappa shape index (κ3) is 5.43. The Labute approximate surface area is 146 Å². The Balaban J connectivity index is 1.90. The van der Waals surface area contributed by atoms with E-state index in [2.05, 4.69) is 5.32 Å². The Morgan fingerprint density at radius 1 is 1.22 bits per heavy atom. The third-order valence-corrected chi connectivity index (χ3v) is 3.82. The highest BCUT2D eigenvalue weighted by molar-refractivity contribution is 6.32. The molecule has 2 N–H and O–H groups in total. The number of hydrogen-bond acceptors (Lipinski definition) is 2. The minimum absolute atomic E-state index is 0.0780. The summed E-state index contributed by atoms with van der Waals surface area (Å²) in [6, 6.07) is 12.8. The number of likely N-dealkylation sites (N-methyl/N-ethyl adjacent to an activating group) is 1. The highest BCUT2D eigenvalue weighted by atomic mass is 35.5. The van der Waals surface area contributed by atoms with Crippen molar-refractivity contribution in [2.24, 2.45) is 0 Å². The van der Waals surface area contributed by atoms with Crippen LogP contribution in [0.4, 0.5) is 5.69 Å². The molecule has 0 bridgehead atoms. The van der Waals surface area contributed by atoms with Crippen LogP contribution < -0.4 is 15.0 Å². The molecule has 6 heteroatoms. The van der Waals surface area contributed by atoms with Gasteiger partial charge >= 0.3 is 0 Å². The Morgan fingerprint density at radius 3 is 2.65 bits per heavy atom. The summed E-state index contributed by atoms with van der Waals surface area (Å²) in [5.41, 5.74) is 1.74. The molecule has 0 aliphatic rings. The molecule has 0 aromatic heterocycles. The molecule has 23 heavy (non-hydrogen) atoms. The molecule has 0 spiro atoms. The molecule has 4 nitrogen and oxygen atoms in total. The van der Waals surface area contributed by atoms with Crippen LogP contribution in [0.1, 0.15) is 5.56 Å². The number of methoxy groups -OCH3 is 1. The average Bonchev–Trinajstić information content (AvgIpc) is 2.47. The highest BCUT2D eigenvalue weighted by Crippen LogP contribution is 2.27. The Bertz CT molecular complexity index is 692. The van der Waals surface area contributed by atoms with Crippen LogP contribution in [0.5, 0.6) is 5.75 Å². The normalized spacial score (nSPS) is 11.8. The lowest BCUT2D eigenvalue weighted by Gasteiger charge is -2.14. The van der Waals surface area contributed by atoms with Gasteiger partial charge < -0.3 is 15.0 Å². The van der Waals surface area contributed by atoms with E-state index in [-0.39, 0.29) is 5.91 Å². The lowest BCUT2D eigenvalue weighted by molar-refractivity contribution is -0.885. The summed E-state index contributed by atoms with van der Waals surface area (Å²) in [6.45, 7) is 1.06. The van der Waals surface area contributed by atoms with E-state index in [1.807, 2.05) is 31.3 Å². The van der Waals surface area contributed by atoms with Crippen molar-refractivity contribution in [3.8, 4) is 5.75 Å². The first-order valence-electron chi connectivity index (χ1n) is 7.17. The van der Waals surface area contributed by atoms with Gasteiger partial charge in [0.05, 0.1) is 19.2 Å². The average molecular weight is 354 g/mol. The topological polar surface area (TPSA) is 42.8 Å². The molecule has 2 aromatic carbocycles. The molecule has 0 heterocycles. The lowest BCUT2D eigenvalue weighted by atomic mass is 10.2. The first-order chi connectivity index (χ1) is 11.0. The van der Waals surface area contributed by atoms with Crippen molar-refractivity contribution in [3.05, 3.63) is 58.1 Å². The number of nitrogens with one attached hydrogen (secondary N) is 2. The molecule has 1 amide bonds. The fourth-order valence-electron chi connectivity index (χ4n) is 2.28. The van der Waals surface area contributed by atoms with Crippen LogP contribution in [-0.2, 0) is 11.3 Å². The summed E-state index contributed by atoms with van der Waals surface area (Å²) in [5.74, 6) is 0.499. The highest BCUT2D eigenvalue weighted by Gasteiger charge is 2.12. The van der Waals surface area contributed by atoms with E-state index >= 15 is 0 Å². The molecule has 2 rings (SSSR count). The van der Waals surface area contributed by atoms with Crippen molar-refractivity contribution in [2.45, 2.75) is 6.54 Å². The standard InChI is InChI=1S/C17H18Cl2N2O2/c1-21(10-12-4-3-5-13(18)8-12)11-17(22)20-14-6-7-16(23-2)15(19)9-14/h3-9H,10-11H2,1-2H3,(H,20,22)/p+1. The number of carbonyl (C=O) groups excluding carboxylic acids is 1. The number of halogens is 2. The van der Waals surface area contributed by atoms with Crippen LogP contribution in [0.25, 0.3) is 0 Å². The van der Waals surface area contributed by atoms with Crippen molar-refractivity contribution in [1.82, 2.24) is 0 Å². The van der Waals surface area contributed by atoms with Gasteiger partial charge in [0.1, 0.15) is 12.3 Å². The zero-order valence-electron chi connectivity index (χ0n) is 13.0. The van der Waals surface area contributed by atoms with Gasteiger partial charge in [-0.3, -0.25) is 4.79 Å². The third-order valence-electron chi connectivity index (χ3n) is 3.29. The second-order valence-corrected chi connectivity index (χ2v) is 6.18. The van der Waals surface area contributed by atoms with Crippen molar-refractivity contribution >= 4 is 34.8 Å². The summed E-state index contributed by atoms with van der Waals surface area (Å²) in [7, 11) is 3.51. The number of ether oxygens (including phenoxy) is 1. The Hall–Kier alpha value is -1.75. The van der Waals surface area contributed by atoms with Gasteiger partial charge in [-0.25, -0.2) is 0 Å². The van der Waals surface area contributed by atoms with Gasteiger partial charge in [0.15, 0.2) is 6.54 Å². The summed E-state index contributed by atoms with van der Waals surface area (Å²) in [6.07, 6.45) is 0. The second kappa shape index (κ2) is 8.20. The van der Waals surface area contributed by atoms with Crippen molar-refractivity contribution in [2.75, 3.05) is 26.0 Å². The van der Waals surface area contributed by atoms with Crippen LogP contribution in [-0.4, -0.2) is 26.6 Å². The summed E-state index contributed by atoms with van der Waals surface area (Å²) in [5, 5.41) is 4.00. The van der Waals surface area contributed by atoms with Gasteiger partial charge in [-0.05, 0) is 30.3 Å². The molecule has 0 aliphatic heterocycles. The molecule has 1 atom stereocenters. The van der Waals surface area contributed by atoms with Gasteiger partial charge in [0.2, 0.25) is 0 Å². The van der Waals surface area contributed by atoms with Crippen LogP contribution in [0.15, 0.2) is 42.5 Å². The van der Waals surface area contributed by atoms with E-state index in [9.17, 15) is 4.79 Å². The number of hydrogen-bond donors (Lipinski definition) is 2. The van der Waals surface area contributed by atoms with Crippen molar-refractivity contribution in [3.63, 3.8) is 0 Å². The molecular weight excluding hydrogens is 335 g/mol. The first kappa shape index (κ1) is 17.6. The molecule has 122 valence electrons. The van der Waals surface area contributed by atoms with Gasteiger partial charge in [-0.2, -0.15) is 0 Å². The molecule has 0 fully saturated rings. The van der Waals surface area contributed by atoms with Crippen LogP contribution >= 0.6 is 23.2 Å². The largest absolute Gasteiger partial charge is 0.495 e. The Morgan fingerprint density at radius 2 is 2.00 bits per heavy atom. The monoisotopic (exact) mass is 353 g/mol. The number of anilines is 1. The fourth-order valence-corrected chi connectivity index (χ4v) is 2.75. The minimum Gasteiger partial charge on any atom is -0.495 e. The summed E-state index contributed by atoms with van der Waals surface area (Å²) >= 11 is 12.0. The molecular formula is C17H19Cl2N2O2+. The van der Waals surface area contributed by atoms with E-state index in [1.165, 1.54) is 0 Å². The van der Waals surface area contributed by atoms with Gasteiger partial charge in [-0.1, -0.05) is 35.3 Å². The van der Waals surface area contributed by atoms with E-state index < -0.39 is 0 Å². The van der Waals surface area contributed by atoms with Crippen molar-refractivity contribution < 1.29 is 14.4 Å². The first-order valence-corrected chi connectivity index (χ1v) is 7.92. The smallest absolute Gasteiger partial charge is 0.279 e. The minimum atomic E-state index is -0.0780. The number of carbonyl (C=O) groups is 1. The summed E-state index contributed by atoms with van der Waals surface area (Å²) in [4.78, 5) is 13.2. The number of benzene rings is 2.